The summed E-state index contributed by atoms with van der Waals surface area (Å²) < 4.78 is 11.1. The Bertz CT molecular complexity index is 569. The molecule has 1 fully saturated rings. The second-order valence-electron chi connectivity index (χ2n) is 4.03. The average Bonchev–Trinajstić information content (AvgIpc) is 2.71. The summed E-state index contributed by atoms with van der Waals surface area (Å²) >= 11 is 5.41. The number of aromatic nitrogens is 1. The Labute approximate surface area is 117 Å². The van der Waals surface area contributed by atoms with E-state index in [1.54, 1.807) is 6.20 Å². The number of anilines is 1. The molecule has 18 heavy (non-hydrogen) atoms. The first-order valence-electron chi connectivity index (χ1n) is 5.48. The van der Waals surface area contributed by atoms with Crippen molar-refractivity contribution in [1.82, 2.24) is 5.16 Å². The van der Waals surface area contributed by atoms with Gasteiger partial charge in [0.15, 0.2) is 0 Å². The fourth-order valence-corrected chi connectivity index (χ4v) is 3.36. The SMILES string of the molecule is Nc1oncc1-c1ccc(SC2COC2)c(Br)c1. The summed E-state index contributed by atoms with van der Waals surface area (Å²) in [4.78, 5) is 1.21. The minimum atomic E-state index is 0.342. The lowest BCUT2D eigenvalue weighted by Crippen LogP contribution is -2.30. The second kappa shape index (κ2) is 4.95. The van der Waals surface area contributed by atoms with E-state index in [0.717, 1.165) is 28.8 Å². The molecule has 94 valence electrons. The third-order valence-corrected chi connectivity index (χ3v) is 4.88. The number of hydrogen-bond acceptors (Lipinski definition) is 5. The molecular weight excluding hydrogens is 316 g/mol. The summed E-state index contributed by atoms with van der Waals surface area (Å²) in [5, 5.41) is 4.25. The fraction of sp³-hybridized carbons (Fsp3) is 0.250. The van der Waals surface area contributed by atoms with Gasteiger partial charge in [-0.3, -0.25) is 0 Å². The minimum absolute atomic E-state index is 0.342. The van der Waals surface area contributed by atoms with Crippen molar-refractivity contribution in [2.45, 2.75) is 10.1 Å². The van der Waals surface area contributed by atoms with Crippen LogP contribution in [0.1, 0.15) is 0 Å². The van der Waals surface area contributed by atoms with E-state index >= 15 is 0 Å². The molecule has 1 aromatic carbocycles. The third-order valence-electron chi connectivity index (χ3n) is 2.74. The topological polar surface area (TPSA) is 61.3 Å². The molecule has 1 saturated heterocycles. The van der Waals surface area contributed by atoms with Crippen LogP contribution in [0.5, 0.6) is 0 Å². The summed E-state index contributed by atoms with van der Waals surface area (Å²) in [7, 11) is 0. The Balaban J connectivity index is 1.86. The minimum Gasteiger partial charge on any atom is -0.379 e. The number of nitrogen functional groups attached to an aromatic ring is 1. The van der Waals surface area contributed by atoms with Crippen LogP contribution in [-0.2, 0) is 4.74 Å². The zero-order valence-corrected chi connectivity index (χ0v) is 11.8. The third kappa shape index (κ3) is 2.28. The molecule has 0 atom stereocenters. The first kappa shape index (κ1) is 12.1. The number of ether oxygens (including phenoxy) is 1. The van der Waals surface area contributed by atoms with Gasteiger partial charge in [-0.15, -0.1) is 11.8 Å². The Morgan fingerprint density at radius 1 is 1.39 bits per heavy atom. The van der Waals surface area contributed by atoms with Crippen molar-refractivity contribution in [2.24, 2.45) is 0 Å². The molecule has 0 unspecified atom stereocenters. The van der Waals surface area contributed by atoms with Gasteiger partial charge in [0.1, 0.15) is 0 Å². The number of benzene rings is 1. The summed E-state index contributed by atoms with van der Waals surface area (Å²) in [5.41, 5.74) is 7.52. The smallest absolute Gasteiger partial charge is 0.229 e. The molecule has 0 amide bonds. The van der Waals surface area contributed by atoms with Gasteiger partial charge in [0, 0.05) is 9.37 Å². The van der Waals surface area contributed by atoms with Crippen LogP contribution in [0, 0.1) is 0 Å². The van der Waals surface area contributed by atoms with E-state index in [1.165, 1.54) is 4.90 Å². The van der Waals surface area contributed by atoms with Gasteiger partial charge in [-0.2, -0.15) is 0 Å². The number of nitrogens with zero attached hydrogens (tertiary/aromatic N) is 1. The Morgan fingerprint density at radius 3 is 2.78 bits per heavy atom. The molecular formula is C12H11BrN2O2S. The van der Waals surface area contributed by atoms with E-state index in [-0.39, 0.29) is 0 Å². The molecule has 1 aliphatic heterocycles. The number of halogens is 1. The van der Waals surface area contributed by atoms with E-state index in [1.807, 2.05) is 23.9 Å². The highest BCUT2D eigenvalue weighted by Crippen LogP contribution is 2.37. The maximum atomic E-state index is 5.71. The van der Waals surface area contributed by atoms with Gasteiger partial charge < -0.3 is 15.0 Å². The van der Waals surface area contributed by atoms with Gasteiger partial charge in [0.25, 0.3) is 0 Å². The standard InChI is InChI=1S/C12H11BrN2O2S/c13-10-3-7(9-4-15-17-12(9)14)1-2-11(10)18-8-5-16-6-8/h1-4,8H,5-6,14H2. The second-order valence-corrected chi connectivity index (χ2v) is 6.22. The lowest BCUT2D eigenvalue weighted by Gasteiger charge is -2.25. The molecule has 0 bridgehead atoms. The van der Waals surface area contributed by atoms with Crippen molar-refractivity contribution >= 4 is 33.6 Å². The highest BCUT2D eigenvalue weighted by molar-refractivity contribution is 9.10. The van der Waals surface area contributed by atoms with Crippen molar-refractivity contribution in [2.75, 3.05) is 18.9 Å². The van der Waals surface area contributed by atoms with Crippen molar-refractivity contribution in [3.63, 3.8) is 0 Å². The van der Waals surface area contributed by atoms with Crippen LogP contribution >= 0.6 is 27.7 Å². The van der Waals surface area contributed by atoms with Crippen LogP contribution in [0.15, 0.2) is 38.3 Å². The molecule has 2 N–H and O–H groups in total. The first-order valence-corrected chi connectivity index (χ1v) is 7.16. The average molecular weight is 327 g/mol. The van der Waals surface area contributed by atoms with Gasteiger partial charge in [-0.05, 0) is 33.6 Å². The predicted molar refractivity (Wildman–Crippen MR) is 74.5 cm³/mol. The molecule has 0 radical (unpaired) electrons. The monoisotopic (exact) mass is 326 g/mol. The fourth-order valence-electron chi connectivity index (χ4n) is 1.69. The van der Waals surface area contributed by atoms with E-state index in [0.29, 0.717) is 11.1 Å². The zero-order chi connectivity index (χ0) is 12.5. The molecule has 4 nitrogen and oxygen atoms in total. The van der Waals surface area contributed by atoms with E-state index < -0.39 is 0 Å². The molecule has 0 saturated carbocycles. The van der Waals surface area contributed by atoms with Crippen molar-refractivity contribution < 1.29 is 9.26 Å². The molecule has 2 heterocycles. The maximum absolute atomic E-state index is 5.71. The quantitative estimate of drug-likeness (QED) is 0.938. The molecule has 0 spiro atoms. The van der Waals surface area contributed by atoms with E-state index in [9.17, 15) is 0 Å². The summed E-state index contributed by atoms with van der Waals surface area (Å²) in [6.07, 6.45) is 1.63. The van der Waals surface area contributed by atoms with Crippen LogP contribution in [0.25, 0.3) is 11.1 Å². The lowest BCUT2D eigenvalue weighted by molar-refractivity contribution is 0.0455. The van der Waals surface area contributed by atoms with Crippen molar-refractivity contribution in [3.05, 3.63) is 28.9 Å². The van der Waals surface area contributed by atoms with Gasteiger partial charge in [-0.1, -0.05) is 11.2 Å². The maximum Gasteiger partial charge on any atom is 0.229 e. The lowest BCUT2D eigenvalue weighted by atomic mass is 10.1. The van der Waals surface area contributed by atoms with Crippen LogP contribution < -0.4 is 5.73 Å². The van der Waals surface area contributed by atoms with Crippen LogP contribution in [-0.4, -0.2) is 23.6 Å². The zero-order valence-electron chi connectivity index (χ0n) is 9.43. The van der Waals surface area contributed by atoms with Crippen LogP contribution in [0.4, 0.5) is 5.88 Å². The highest BCUT2D eigenvalue weighted by atomic mass is 79.9. The Kier molecular flexibility index (Phi) is 3.32. The van der Waals surface area contributed by atoms with Gasteiger partial charge in [-0.25, -0.2) is 0 Å². The van der Waals surface area contributed by atoms with E-state index in [4.69, 9.17) is 15.0 Å². The van der Waals surface area contributed by atoms with Crippen LogP contribution in [0.2, 0.25) is 0 Å². The van der Waals surface area contributed by atoms with Gasteiger partial charge in [0.2, 0.25) is 5.88 Å². The normalized spacial score (nSPS) is 15.6. The molecule has 0 aliphatic carbocycles. The molecule has 2 aromatic rings. The number of hydrogen-bond donors (Lipinski definition) is 1. The number of thioether (sulfide) groups is 1. The van der Waals surface area contributed by atoms with Crippen molar-refractivity contribution in [3.8, 4) is 11.1 Å². The number of rotatable bonds is 3. The molecule has 1 aromatic heterocycles. The predicted octanol–water partition coefficient (Wildman–Crippen LogP) is 3.18. The first-order chi connectivity index (χ1) is 8.74. The van der Waals surface area contributed by atoms with Gasteiger partial charge in [0.05, 0.1) is 30.2 Å². The number of nitrogens with two attached hydrogens (primary N) is 1. The highest BCUT2D eigenvalue weighted by Gasteiger charge is 2.20. The Morgan fingerprint density at radius 2 is 2.22 bits per heavy atom. The Hall–Kier alpha value is -0.980. The molecule has 6 heteroatoms. The van der Waals surface area contributed by atoms with Gasteiger partial charge >= 0.3 is 0 Å². The largest absolute Gasteiger partial charge is 0.379 e. The van der Waals surface area contributed by atoms with Crippen LogP contribution in [0.3, 0.4) is 0 Å². The molecule has 1 aliphatic rings. The summed E-state index contributed by atoms with van der Waals surface area (Å²) in [5.74, 6) is 0.342. The summed E-state index contributed by atoms with van der Waals surface area (Å²) in [6.45, 7) is 1.66. The van der Waals surface area contributed by atoms with Crippen molar-refractivity contribution in [1.29, 1.82) is 0 Å². The molecule has 3 rings (SSSR count). The van der Waals surface area contributed by atoms with E-state index in [2.05, 4.69) is 27.2 Å². The summed E-state index contributed by atoms with van der Waals surface area (Å²) in [6, 6.07) is 6.13.